The number of hydrogen-bond acceptors (Lipinski definition) is 6. The summed E-state index contributed by atoms with van der Waals surface area (Å²) in [4.78, 5) is 12.2. The first kappa shape index (κ1) is 21.8. The zero-order chi connectivity index (χ0) is 22.1. The molecule has 1 aromatic heterocycles. The van der Waals surface area contributed by atoms with Crippen LogP contribution >= 0.6 is 11.3 Å². The van der Waals surface area contributed by atoms with Crippen molar-refractivity contribution in [2.24, 2.45) is 0 Å². The molecular formula is C26H34N4OS. The fourth-order valence-electron chi connectivity index (χ4n) is 4.88. The van der Waals surface area contributed by atoms with Gasteiger partial charge in [-0.05, 0) is 70.2 Å². The first-order valence-corrected chi connectivity index (χ1v) is 12.6. The highest BCUT2D eigenvalue weighted by Gasteiger charge is 2.28. The summed E-state index contributed by atoms with van der Waals surface area (Å²) >= 11 is 1.76. The van der Waals surface area contributed by atoms with E-state index < -0.39 is 0 Å². The number of likely N-dealkylation sites (N-methyl/N-ethyl adjacent to an activating group) is 1. The van der Waals surface area contributed by atoms with E-state index in [0.717, 1.165) is 49.5 Å². The number of rotatable bonds is 6. The molecule has 3 heterocycles. The maximum Gasteiger partial charge on any atom is 0.134 e. The molecule has 170 valence electrons. The van der Waals surface area contributed by atoms with Gasteiger partial charge in [0.1, 0.15) is 11.1 Å². The maximum absolute atomic E-state index is 6.81. The lowest BCUT2D eigenvalue weighted by molar-refractivity contribution is -0.0234. The van der Waals surface area contributed by atoms with Crippen molar-refractivity contribution in [1.29, 1.82) is 0 Å². The number of benzene rings is 2. The fourth-order valence-corrected chi connectivity index (χ4v) is 5.91. The number of aromatic nitrogens is 1. The molecule has 5 rings (SSSR count). The van der Waals surface area contributed by atoms with Crippen LogP contribution in [0, 0.1) is 0 Å². The minimum atomic E-state index is -0.118. The predicted octanol–water partition coefficient (Wildman–Crippen LogP) is 4.64. The van der Waals surface area contributed by atoms with Gasteiger partial charge in [0.2, 0.25) is 0 Å². The average Bonchev–Trinajstić information content (AvgIpc) is 3.46. The number of nitrogens with zero attached hydrogens (tertiary/aromatic N) is 4. The van der Waals surface area contributed by atoms with Gasteiger partial charge in [-0.25, -0.2) is 4.98 Å². The highest BCUT2D eigenvalue weighted by Crippen LogP contribution is 2.36. The van der Waals surface area contributed by atoms with Crippen LogP contribution in [0.3, 0.4) is 0 Å². The van der Waals surface area contributed by atoms with E-state index in [1.807, 2.05) is 0 Å². The van der Waals surface area contributed by atoms with E-state index in [-0.39, 0.29) is 12.2 Å². The zero-order valence-electron chi connectivity index (χ0n) is 19.4. The van der Waals surface area contributed by atoms with Crippen molar-refractivity contribution in [3.63, 3.8) is 0 Å². The molecule has 0 amide bonds. The van der Waals surface area contributed by atoms with E-state index in [4.69, 9.17) is 9.72 Å². The molecular weight excluding hydrogens is 416 g/mol. The summed E-state index contributed by atoms with van der Waals surface area (Å²) in [6.45, 7) is 4.37. The van der Waals surface area contributed by atoms with Gasteiger partial charge < -0.3 is 19.4 Å². The van der Waals surface area contributed by atoms with Crippen LogP contribution in [-0.2, 0) is 4.74 Å². The average molecular weight is 451 g/mol. The molecule has 2 aliphatic heterocycles. The minimum absolute atomic E-state index is 0.118. The Hall–Kier alpha value is -1.99. The first-order chi connectivity index (χ1) is 15.6. The van der Waals surface area contributed by atoms with E-state index >= 15 is 0 Å². The van der Waals surface area contributed by atoms with Gasteiger partial charge in [0, 0.05) is 37.9 Å². The summed E-state index contributed by atoms with van der Waals surface area (Å²) in [7, 11) is 6.56. The molecule has 2 saturated heterocycles. The molecule has 2 unspecified atom stereocenters. The van der Waals surface area contributed by atoms with Crippen LogP contribution in [0.1, 0.15) is 35.9 Å². The van der Waals surface area contributed by atoms with Crippen molar-refractivity contribution in [3.8, 4) is 0 Å². The van der Waals surface area contributed by atoms with Crippen LogP contribution in [0.25, 0.3) is 10.2 Å². The summed E-state index contributed by atoms with van der Waals surface area (Å²) in [5, 5.41) is 1.06. The second-order valence-corrected chi connectivity index (χ2v) is 10.5. The predicted molar refractivity (Wildman–Crippen MR) is 134 cm³/mol. The lowest BCUT2D eigenvalue weighted by Gasteiger charge is -2.31. The second kappa shape index (κ2) is 9.48. The molecule has 0 bridgehead atoms. The van der Waals surface area contributed by atoms with E-state index in [9.17, 15) is 0 Å². The number of para-hydroxylation sites is 1. The summed E-state index contributed by atoms with van der Waals surface area (Å²) in [6, 6.07) is 18.0. The van der Waals surface area contributed by atoms with Crippen molar-refractivity contribution >= 4 is 27.2 Å². The van der Waals surface area contributed by atoms with Crippen LogP contribution in [0.4, 0.5) is 5.69 Å². The molecule has 0 aliphatic carbocycles. The molecule has 0 spiro atoms. The molecule has 5 nitrogen and oxygen atoms in total. The molecule has 0 radical (unpaired) electrons. The van der Waals surface area contributed by atoms with Crippen LogP contribution in [0.5, 0.6) is 0 Å². The Morgan fingerprint density at radius 2 is 1.84 bits per heavy atom. The lowest BCUT2D eigenvalue weighted by Crippen LogP contribution is -2.35. The van der Waals surface area contributed by atoms with E-state index in [1.54, 1.807) is 11.3 Å². The van der Waals surface area contributed by atoms with Crippen molar-refractivity contribution < 1.29 is 4.74 Å². The molecule has 2 atom stereocenters. The van der Waals surface area contributed by atoms with Gasteiger partial charge in [-0.3, -0.25) is 0 Å². The highest BCUT2D eigenvalue weighted by molar-refractivity contribution is 7.18. The molecule has 3 aromatic rings. The number of fused-ring (bicyclic) bond motifs is 1. The van der Waals surface area contributed by atoms with Gasteiger partial charge >= 0.3 is 0 Å². The van der Waals surface area contributed by atoms with Gasteiger partial charge in [-0.2, -0.15) is 0 Å². The van der Waals surface area contributed by atoms with E-state index in [0.29, 0.717) is 6.04 Å². The molecule has 2 aliphatic rings. The summed E-state index contributed by atoms with van der Waals surface area (Å²) in [5.41, 5.74) is 3.58. The largest absolute Gasteiger partial charge is 0.370 e. The Balaban J connectivity index is 1.44. The van der Waals surface area contributed by atoms with Crippen LogP contribution in [0.2, 0.25) is 0 Å². The topological polar surface area (TPSA) is 31.8 Å². The normalized spacial score (nSPS) is 21.6. The first-order valence-electron chi connectivity index (χ1n) is 11.8. The Bertz CT molecular complexity index is 1010. The van der Waals surface area contributed by atoms with Crippen molar-refractivity contribution in [2.45, 2.75) is 37.5 Å². The van der Waals surface area contributed by atoms with Gasteiger partial charge in [-0.1, -0.05) is 24.3 Å². The number of anilines is 1. The Morgan fingerprint density at radius 1 is 1.03 bits per heavy atom. The summed E-state index contributed by atoms with van der Waals surface area (Å²) in [6.07, 6.45) is 3.53. The van der Waals surface area contributed by atoms with Crippen LogP contribution < -0.4 is 4.90 Å². The summed E-state index contributed by atoms with van der Waals surface area (Å²) in [5.74, 6) is 0. The van der Waals surface area contributed by atoms with Gasteiger partial charge in [0.15, 0.2) is 0 Å². The van der Waals surface area contributed by atoms with Gasteiger partial charge in [0.05, 0.1) is 16.3 Å². The van der Waals surface area contributed by atoms with Crippen molar-refractivity contribution in [3.05, 3.63) is 59.1 Å². The number of likely N-dealkylation sites (tertiary alicyclic amines) is 1. The Morgan fingerprint density at radius 3 is 2.59 bits per heavy atom. The number of ether oxygens (including phenoxy) is 1. The molecule has 6 heteroatoms. The molecule has 2 fully saturated rings. The maximum atomic E-state index is 6.81. The Labute approximate surface area is 195 Å². The highest BCUT2D eigenvalue weighted by atomic mass is 32.1. The molecule has 0 N–H and O–H groups in total. The number of thiazole rings is 1. The van der Waals surface area contributed by atoms with E-state index in [1.165, 1.54) is 22.4 Å². The standard InChI is InChI=1S/C26H34N4OS/c1-28(2)21-11-16-30(18-21)20-8-6-7-19(17-20)25(31-22-12-14-29(3)15-13-22)26-27-23-9-4-5-10-24(23)32-26/h4-10,17,21-22,25H,11-16,18H2,1-3H3. The zero-order valence-corrected chi connectivity index (χ0v) is 20.2. The smallest absolute Gasteiger partial charge is 0.134 e. The SMILES string of the molecule is CN1CCC(OC(c2cccc(N3CCC(N(C)C)C3)c2)c2nc3ccccc3s2)CC1. The minimum Gasteiger partial charge on any atom is -0.370 e. The van der Waals surface area contributed by atoms with E-state index in [2.05, 4.69) is 84.4 Å². The monoisotopic (exact) mass is 450 g/mol. The van der Waals surface area contributed by atoms with Crippen LogP contribution in [0.15, 0.2) is 48.5 Å². The van der Waals surface area contributed by atoms with Gasteiger partial charge in [0.25, 0.3) is 0 Å². The molecule has 2 aromatic carbocycles. The molecule has 0 saturated carbocycles. The third kappa shape index (κ3) is 4.69. The third-order valence-electron chi connectivity index (χ3n) is 6.96. The van der Waals surface area contributed by atoms with Crippen LogP contribution in [-0.4, -0.2) is 74.3 Å². The van der Waals surface area contributed by atoms with Crippen molar-refractivity contribution in [2.75, 3.05) is 52.2 Å². The quantitative estimate of drug-likeness (QED) is 0.546. The van der Waals surface area contributed by atoms with Crippen molar-refractivity contribution in [1.82, 2.24) is 14.8 Å². The van der Waals surface area contributed by atoms with Gasteiger partial charge in [-0.15, -0.1) is 11.3 Å². The number of hydrogen-bond donors (Lipinski definition) is 0. The number of piperidine rings is 1. The lowest BCUT2D eigenvalue weighted by atomic mass is 10.1. The fraction of sp³-hybridized carbons (Fsp3) is 0.500. The summed E-state index contributed by atoms with van der Waals surface area (Å²) < 4.78 is 8.04. The third-order valence-corrected chi connectivity index (χ3v) is 8.04. The Kier molecular flexibility index (Phi) is 6.47. The second-order valence-electron chi connectivity index (χ2n) is 9.49. The molecule has 32 heavy (non-hydrogen) atoms.